The number of nitrogens with zero attached hydrogens (tertiary/aromatic N) is 6. The molecule has 0 aliphatic heterocycles. The summed E-state index contributed by atoms with van der Waals surface area (Å²) >= 11 is 0. The number of anilines is 2. The van der Waals surface area contributed by atoms with Gasteiger partial charge in [0.1, 0.15) is 12.2 Å². The molecular formula is C15H14F2N8. The van der Waals surface area contributed by atoms with Gasteiger partial charge in [0.25, 0.3) is 0 Å². The van der Waals surface area contributed by atoms with Gasteiger partial charge in [-0.1, -0.05) is 0 Å². The van der Waals surface area contributed by atoms with E-state index < -0.39 is 12.8 Å². The summed E-state index contributed by atoms with van der Waals surface area (Å²) in [5.41, 5.74) is 8.14. The van der Waals surface area contributed by atoms with E-state index in [0.717, 1.165) is 5.56 Å². The van der Waals surface area contributed by atoms with Crippen LogP contribution in [0.25, 0.3) is 22.4 Å². The third-order valence-corrected chi connectivity index (χ3v) is 3.89. The van der Waals surface area contributed by atoms with Crippen LogP contribution < -0.4 is 11.1 Å². The zero-order valence-electron chi connectivity index (χ0n) is 13.2. The molecule has 4 aromatic rings. The van der Waals surface area contributed by atoms with Crippen molar-refractivity contribution in [3.05, 3.63) is 36.3 Å². The summed E-state index contributed by atoms with van der Waals surface area (Å²) in [6.07, 6.45) is 1.24. The number of nitrogens with one attached hydrogen (secondary N) is 1. The summed E-state index contributed by atoms with van der Waals surface area (Å²) in [5, 5.41) is 11.5. The molecule has 3 N–H and O–H groups in total. The van der Waals surface area contributed by atoms with E-state index in [1.165, 1.54) is 10.7 Å². The van der Waals surface area contributed by atoms with Crippen LogP contribution >= 0.6 is 0 Å². The molecule has 0 saturated carbocycles. The average Bonchev–Trinajstić information content (AvgIpc) is 3.23. The molecule has 0 radical (unpaired) electrons. The van der Waals surface area contributed by atoms with E-state index in [1.807, 2.05) is 0 Å². The van der Waals surface area contributed by atoms with Crippen molar-refractivity contribution in [2.24, 2.45) is 0 Å². The van der Waals surface area contributed by atoms with Gasteiger partial charge >= 0.3 is 0 Å². The van der Waals surface area contributed by atoms with Gasteiger partial charge in [0.2, 0.25) is 5.95 Å². The van der Waals surface area contributed by atoms with Crippen molar-refractivity contribution in [3.63, 3.8) is 0 Å². The summed E-state index contributed by atoms with van der Waals surface area (Å²) in [6, 6.07) is 5.24. The third-order valence-electron chi connectivity index (χ3n) is 3.89. The number of imidazole rings is 1. The SMILES string of the molecule is CNc1nc(N)nn2ccc(-c3ccc4ncc(C(F)CF)n4n3)c12. The number of aromatic nitrogens is 6. The quantitative estimate of drug-likeness (QED) is 0.588. The predicted octanol–water partition coefficient (Wildman–Crippen LogP) is 2.04. The standard InChI is InChI=1S/C15H14F2N8/c1-19-14-13-8(4-5-24(13)23-15(18)21-14)10-2-3-12-20-7-11(9(17)6-16)25(12)22-10/h2-5,7,9H,6H2,1H3,(H3,18,19,21,23). The van der Waals surface area contributed by atoms with Gasteiger partial charge in [-0.25, -0.2) is 22.8 Å². The predicted molar refractivity (Wildman–Crippen MR) is 88.8 cm³/mol. The number of nitrogen functional groups attached to an aromatic ring is 1. The van der Waals surface area contributed by atoms with E-state index >= 15 is 0 Å². The molecule has 4 rings (SSSR count). The van der Waals surface area contributed by atoms with Crippen molar-refractivity contribution >= 4 is 22.9 Å². The fourth-order valence-corrected chi connectivity index (χ4v) is 2.75. The molecule has 8 nitrogen and oxygen atoms in total. The lowest BCUT2D eigenvalue weighted by Crippen LogP contribution is -2.06. The third kappa shape index (κ3) is 2.33. The van der Waals surface area contributed by atoms with Crippen molar-refractivity contribution < 1.29 is 8.78 Å². The summed E-state index contributed by atoms with van der Waals surface area (Å²) in [5.74, 6) is 0.662. The zero-order chi connectivity index (χ0) is 17.6. The summed E-state index contributed by atoms with van der Waals surface area (Å²) in [4.78, 5) is 8.22. The Morgan fingerprint density at radius 3 is 2.88 bits per heavy atom. The fraction of sp³-hybridized carbons (Fsp3) is 0.200. The van der Waals surface area contributed by atoms with E-state index in [4.69, 9.17) is 5.73 Å². The number of alkyl halides is 2. The van der Waals surface area contributed by atoms with Crippen LogP contribution in [0.2, 0.25) is 0 Å². The lowest BCUT2D eigenvalue weighted by Gasteiger charge is -2.08. The van der Waals surface area contributed by atoms with Crippen molar-refractivity contribution in [1.82, 2.24) is 29.2 Å². The van der Waals surface area contributed by atoms with E-state index in [1.54, 1.807) is 36.0 Å². The second-order valence-corrected chi connectivity index (χ2v) is 5.38. The lowest BCUT2D eigenvalue weighted by molar-refractivity contribution is 0.258. The van der Waals surface area contributed by atoms with Gasteiger partial charge in [0, 0.05) is 18.8 Å². The average molecular weight is 344 g/mol. The normalized spacial score (nSPS) is 12.8. The van der Waals surface area contributed by atoms with Crippen LogP contribution in [-0.4, -0.2) is 42.9 Å². The van der Waals surface area contributed by atoms with Crippen molar-refractivity contribution in [3.8, 4) is 11.3 Å². The van der Waals surface area contributed by atoms with Crippen molar-refractivity contribution in [1.29, 1.82) is 0 Å². The van der Waals surface area contributed by atoms with Crippen LogP contribution in [0.1, 0.15) is 11.9 Å². The molecule has 0 aliphatic carbocycles. The van der Waals surface area contributed by atoms with Crippen molar-refractivity contribution in [2.75, 3.05) is 24.8 Å². The Morgan fingerprint density at radius 2 is 2.12 bits per heavy atom. The topological polar surface area (TPSA) is 98.4 Å². The van der Waals surface area contributed by atoms with Crippen LogP contribution in [0, 0.1) is 0 Å². The Morgan fingerprint density at radius 1 is 1.28 bits per heavy atom. The Balaban J connectivity index is 1.94. The molecule has 0 spiro atoms. The van der Waals surface area contributed by atoms with Crippen LogP contribution in [0.4, 0.5) is 20.5 Å². The van der Waals surface area contributed by atoms with Crippen LogP contribution in [0.15, 0.2) is 30.6 Å². The molecule has 4 heterocycles. The highest BCUT2D eigenvalue weighted by Gasteiger charge is 2.18. The maximum absolute atomic E-state index is 13.8. The first kappa shape index (κ1) is 15.2. The zero-order valence-corrected chi connectivity index (χ0v) is 13.2. The minimum atomic E-state index is -1.78. The largest absolute Gasteiger partial charge is 0.371 e. The monoisotopic (exact) mass is 344 g/mol. The molecule has 0 aromatic carbocycles. The van der Waals surface area contributed by atoms with Crippen LogP contribution in [-0.2, 0) is 0 Å². The number of hydrogen-bond acceptors (Lipinski definition) is 6. The first-order valence-corrected chi connectivity index (χ1v) is 7.50. The molecule has 128 valence electrons. The smallest absolute Gasteiger partial charge is 0.240 e. The van der Waals surface area contributed by atoms with Gasteiger partial charge in [-0.3, -0.25) is 0 Å². The highest BCUT2D eigenvalue weighted by Crippen LogP contribution is 2.29. The second-order valence-electron chi connectivity index (χ2n) is 5.38. The lowest BCUT2D eigenvalue weighted by atomic mass is 10.2. The van der Waals surface area contributed by atoms with E-state index in [-0.39, 0.29) is 11.6 Å². The maximum atomic E-state index is 13.8. The van der Waals surface area contributed by atoms with Crippen molar-refractivity contribution in [2.45, 2.75) is 6.17 Å². The minimum Gasteiger partial charge on any atom is -0.371 e. The van der Waals surface area contributed by atoms with Crippen LogP contribution in [0.5, 0.6) is 0 Å². The Hall–Kier alpha value is -3.30. The van der Waals surface area contributed by atoms with Gasteiger partial charge in [0.15, 0.2) is 17.6 Å². The Bertz CT molecular complexity index is 1070. The van der Waals surface area contributed by atoms with E-state index in [0.29, 0.717) is 22.7 Å². The summed E-state index contributed by atoms with van der Waals surface area (Å²) in [7, 11) is 1.72. The van der Waals surface area contributed by atoms with E-state index in [9.17, 15) is 8.78 Å². The molecule has 0 bridgehead atoms. The molecule has 1 unspecified atom stereocenters. The molecule has 25 heavy (non-hydrogen) atoms. The van der Waals surface area contributed by atoms with Gasteiger partial charge < -0.3 is 11.1 Å². The second kappa shape index (κ2) is 5.65. The number of rotatable bonds is 4. The van der Waals surface area contributed by atoms with Gasteiger partial charge in [-0.2, -0.15) is 10.1 Å². The molecule has 10 heteroatoms. The molecule has 4 aromatic heterocycles. The number of fused-ring (bicyclic) bond motifs is 2. The Kier molecular flexibility index (Phi) is 3.45. The highest BCUT2D eigenvalue weighted by molar-refractivity contribution is 5.87. The minimum absolute atomic E-state index is 0.0669. The number of hydrogen-bond donors (Lipinski definition) is 2. The molecular weight excluding hydrogens is 330 g/mol. The maximum Gasteiger partial charge on any atom is 0.240 e. The molecule has 1 atom stereocenters. The molecule has 0 fully saturated rings. The van der Waals surface area contributed by atoms with E-state index in [2.05, 4.69) is 25.5 Å². The highest BCUT2D eigenvalue weighted by atomic mass is 19.2. The first-order chi connectivity index (χ1) is 12.1. The molecule has 0 saturated heterocycles. The first-order valence-electron chi connectivity index (χ1n) is 7.50. The fourth-order valence-electron chi connectivity index (χ4n) is 2.75. The Labute approximate surface area is 140 Å². The van der Waals surface area contributed by atoms with Gasteiger partial charge in [-0.05, 0) is 18.2 Å². The summed E-state index contributed by atoms with van der Waals surface area (Å²) in [6.45, 7) is -1.13. The van der Waals surface area contributed by atoms with Gasteiger partial charge in [0.05, 0.1) is 17.6 Å². The van der Waals surface area contributed by atoms with Gasteiger partial charge in [-0.15, -0.1) is 5.10 Å². The number of nitrogens with two attached hydrogens (primary N) is 1. The summed E-state index contributed by atoms with van der Waals surface area (Å²) < 4.78 is 29.4. The molecule has 0 amide bonds. The molecule has 0 aliphatic rings. The number of halogens is 2. The van der Waals surface area contributed by atoms with Crippen LogP contribution in [0.3, 0.4) is 0 Å².